The zero-order valence-electron chi connectivity index (χ0n) is 25.4. The average Bonchev–Trinajstić information content (AvgIpc) is 3.55. The zero-order valence-corrected chi connectivity index (χ0v) is 25.4. The molecule has 0 saturated carbocycles. The number of hydrogen-bond acceptors (Lipinski definition) is 0. The van der Waals surface area contributed by atoms with Crippen LogP contribution >= 0.6 is 0 Å². The highest BCUT2D eigenvalue weighted by Gasteiger charge is 2.21. The lowest BCUT2D eigenvalue weighted by Crippen LogP contribution is -2.00. The molecule has 0 aliphatic heterocycles. The van der Waals surface area contributed by atoms with Crippen molar-refractivity contribution in [2.24, 2.45) is 0 Å². The number of fused-ring (bicyclic) bond motifs is 7. The molecule has 0 radical (unpaired) electrons. The number of unbranched alkanes of at least 4 members (excludes halogenated alkanes) is 2. The molecule has 0 bridgehead atoms. The SMILES string of the molecule is C=Cc1ccc(Cn2c3ccc(CCCC)cc3c3ccc4c(c5ccc(CCCC)cc5n4-c4ccccc4)c32)cc1. The maximum atomic E-state index is 3.95. The van der Waals surface area contributed by atoms with Crippen LogP contribution in [0.2, 0.25) is 0 Å². The fourth-order valence-corrected chi connectivity index (χ4v) is 6.82. The molecule has 0 amide bonds. The lowest BCUT2D eigenvalue weighted by atomic mass is 10.0. The summed E-state index contributed by atoms with van der Waals surface area (Å²) in [4.78, 5) is 0. The average molecular weight is 561 g/mol. The molecule has 7 aromatic rings. The molecule has 0 aliphatic carbocycles. The first-order chi connectivity index (χ1) is 21.2. The van der Waals surface area contributed by atoms with Gasteiger partial charge < -0.3 is 9.13 Å². The third-order valence-electron chi connectivity index (χ3n) is 9.09. The molecule has 2 aromatic heterocycles. The molecule has 0 unspecified atom stereocenters. The van der Waals surface area contributed by atoms with Gasteiger partial charge in [0.25, 0.3) is 0 Å². The molecule has 0 atom stereocenters. The summed E-state index contributed by atoms with van der Waals surface area (Å²) >= 11 is 0. The Kier molecular flexibility index (Phi) is 7.37. The topological polar surface area (TPSA) is 9.86 Å². The number of para-hydroxylation sites is 1. The van der Waals surface area contributed by atoms with E-state index in [9.17, 15) is 0 Å². The second-order valence-electron chi connectivity index (χ2n) is 12.0. The first-order valence-electron chi connectivity index (χ1n) is 16.0. The Bertz CT molecular complexity index is 2070. The molecule has 43 heavy (non-hydrogen) atoms. The molecule has 0 N–H and O–H groups in total. The van der Waals surface area contributed by atoms with Crippen LogP contribution in [0.3, 0.4) is 0 Å². The number of rotatable bonds is 10. The van der Waals surface area contributed by atoms with Crippen molar-refractivity contribution in [1.82, 2.24) is 9.13 Å². The van der Waals surface area contributed by atoms with E-state index in [0.717, 1.165) is 24.9 Å². The van der Waals surface area contributed by atoms with Gasteiger partial charge in [-0.1, -0.05) is 106 Å². The van der Waals surface area contributed by atoms with Gasteiger partial charge in [-0.25, -0.2) is 0 Å². The molecular weight excluding hydrogens is 520 g/mol. The van der Waals surface area contributed by atoms with E-state index >= 15 is 0 Å². The van der Waals surface area contributed by atoms with Gasteiger partial charge in [0.2, 0.25) is 0 Å². The van der Waals surface area contributed by atoms with Crippen LogP contribution in [-0.2, 0) is 19.4 Å². The van der Waals surface area contributed by atoms with Gasteiger partial charge in [-0.2, -0.15) is 0 Å². The van der Waals surface area contributed by atoms with Crippen LogP contribution in [0.4, 0.5) is 0 Å². The third kappa shape index (κ3) is 4.85. The largest absolute Gasteiger partial charge is 0.335 e. The minimum Gasteiger partial charge on any atom is -0.335 e. The number of aromatic nitrogens is 2. The van der Waals surface area contributed by atoms with E-state index in [-0.39, 0.29) is 0 Å². The summed E-state index contributed by atoms with van der Waals surface area (Å²) in [6.07, 6.45) is 8.99. The van der Waals surface area contributed by atoms with E-state index in [1.165, 1.54) is 91.7 Å². The molecule has 0 fully saturated rings. The van der Waals surface area contributed by atoms with Gasteiger partial charge in [0.15, 0.2) is 0 Å². The predicted molar refractivity (Wildman–Crippen MR) is 187 cm³/mol. The standard InChI is InChI=1S/C41H40N2/c1-4-7-12-30-21-24-37-36(26-30)34-23-25-38-40(41(34)42(37)28-32-18-16-29(6-3)17-19-32)35-22-20-31(13-8-5-2)27-39(35)43(38)33-14-10-9-11-15-33/h6,9-11,14-27H,3-5,7-8,12-13,28H2,1-2H3. The third-order valence-corrected chi connectivity index (χ3v) is 9.09. The summed E-state index contributed by atoms with van der Waals surface area (Å²) in [5, 5.41) is 5.36. The highest BCUT2D eigenvalue weighted by atomic mass is 15.0. The van der Waals surface area contributed by atoms with Gasteiger partial charge in [-0.15, -0.1) is 0 Å². The zero-order chi connectivity index (χ0) is 29.3. The van der Waals surface area contributed by atoms with Gasteiger partial charge in [-0.05, 0) is 84.3 Å². The molecule has 0 spiro atoms. The molecule has 5 aromatic carbocycles. The van der Waals surface area contributed by atoms with Gasteiger partial charge in [0, 0.05) is 39.3 Å². The normalized spacial score (nSPS) is 11.8. The Morgan fingerprint density at radius 3 is 1.98 bits per heavy atom. The monoisotopic (exact) mass is 560 g/mol. The highest BCUT2D eigenvalue weighted by Crippen LogP contribution is 2.41. The highest BCUT2D eigenvalue weighted by molar-refractivity contribution is 6.25. The van der Waals surface area contributed by atoms with Gasteiger partial charge in [0.1, 0.15) is 0 Å². The first-order valence-corrected chi connectivity index (χ1v) is 16.0. The van der Waals surface area contributed by atoms with Gasteiger partial charge in [-0.3, -0.25) is 0 Å². The van der Waals surface area contributed by atoms with Crippen molar-refractivity contribution in [2.75, 3.05) is 0 Å². The van der Waals surface area contributed by atoms with Crippen molar-refractivity contribution in [2.45, 2.75) is 58.9 Å². The number of nitrogens with zero attached hydrogens (tertiary/aromatic N) is 2. The van der Waals surface area contributed by atoms with Crippen molar-refractivity contribution in [3.63, 3.8) is 0 Å². The van der Waals surface area contributed by atoms with E-state index in [4.69, 9.17) is 0 Å². The Morgan fingerprint density at radius 2 is 1.26 bits per heavy atom. The summed E-state index contributed by atoms with van der Waals surface area (Å²) in [6, 6.07) is 38.8. The van der Waals surface area contributed by atoms with E-state index in [1.807, 2.05) is 6.08 Å². The van der Waals surface area contributed by atoms with Crippen molar-refractivity contribution in [1.29, 1.82) is 0 Å². The van der Waals surface area contributed by atoms with Crippen molar-refractivity contribution in [3.05, 3.63) is 132 Å². The van der Waals surface area contributed by atoms with Crippen LogP contribution < -0.4 is 0 Å². The van der Waals surface area contributed by atoms with Gasteiger partial charge in [0.05, 0.1) is 16.6 Å². The predicted octanol–water partition coefficient (Wildman–Crippen LogP) is 11.3. The van der Waals surface area contributed by atoms with Crippen LogP contribution in [0, 0.1) is 0 Å². The Balaban J connectivity index is 1.57. The van der Waals surface area contributed by atoms with Crippen molar-refractivity contribution in [3.8, 4) is 5.69 Å². The van der Waals surface area contributed by atoms with Crippen molar-refractivity contribution >= 4 is 49.7 Å². The molecule has 0 aliphatic rings. The Labute approximate surface area is 254 Å². The van der Waals surface area contributed by atoms with E-state index in [1.54, 1.807) is 0 Å². The minimum absolute atomic E-state index is 0.817. The van der Waals surface area contributed by atoms with E-state index < -0.39 is 0 Å². The number of benzene rings is 5. The Morgan fingerprint density at radius 1 is 0.605 bits per heavy atom. The maximum Gasteiger partial charge on any atom is 0.0596 e. The molecule has 2 heterocycles. The number of hydrogen-bond donors (Lipinski definition) is 0. The fraction of sp³-hybridized carbons (Fsp3) is 0.220. The number of aryl methyl sites for hydroxylation is 2. The van der Waals surface area contributed by atoms with Crippen LogP contribution in [0.25, 0.3) is 55.4 Å². The van der Waals surface area contributed by atoms with Crippen LogP contribution in [0.1, 0.15) is 61.8 Å². The fourth-order valence-electron chi connectivity index (χ4n) is 6.82. The second kappa shape index (κ2) is 11.6. The second-order valence-corrected chi connectivity index (χ2v) is 12.0. The lowest BCUT2D eigenvalue weighted by Gasteiger charge is -2.11. The van der Waals surface area contributed by atoms with Gasteiger partial charge >= 0.3 is 0 Å². The molecule has 214 valence electrons. The minimum atomic E-state index is 0.817. The molecular formula is C41H40N2. The van der Waals surface area contributed by atoms with E-state index in [0.29, 0.717) is 0 Å². The quantitative estimate of drug-likeness (QED) is 0.157. The maximum absolute atomic E-state index is 3.95. The first kappa shape index (κ1) is 27.3. The summed E-state index contributed by atoms with van der Waals surface area (Å²) < 4.78 is 5.05. The van der Waals surface area contributed by atoms with Crippen LogP contribution in [0.15, 0.2) is 110 Å². The van der Waals surface area contributed by atoms with Crippen molar-refractivity contribution < 1.29 is 0 Å². The smallest absolute Gasteiger partial charge is 0.0596 e. The molecule has 7 rings (SSSR count). The molecule has 2 heteroatoms. The Hall–Kier alpha value is -4.56. The van der Waals surface area contributed by atoms with Crippen LogP contribution in [-0.4, -0.2) is 9.13 Å². The lowest BCUT2D eigenvalue weighted by molar-refractivity contribution is 0.795. The summed E-state index contributed by atoms with van der Waals surface area (Å²) in [5.41, 5.74) is 11.7. The molecule has 2 nitrogen and oxygen atoms in total. The van der Waals surface area contributed by atoms with E-state index in [2.05, 4.69) is 133 Å². The van der Waals surface area contributed by atoms with Crippen LogP contribution in [0.5, 0.6) is 0 Å². The summed E-state index contributed by atoms with van der Waals surface area (Å²) in [7, 11) is 0. The summed E-state index contributed by atoms with van der Waals surface area (Å²) in [6.45, 7) is 9.31. The molecule has 0 saturated heterocycles. The summed E-state index contributed by atoms with van der Waals surface area (Å²) in [5.74, 6) is 0.